The summed E-state index contributed by atoms with van der Waals surface area (Å²) >= 11 is 0. The average Bonchev–Trinajstić information content (AvgIpc) is 3.11. The molecule has 2 aromatic rings. The van der Waals surface area contributed by atoms with Crippen molar-refractivity contribution in [1.29, 1.82) is 0 Å². The van der Waals surface area contributed by atoms with Crippen LogP contribution in [-0.4, -0.2) is 23.8 Å². The fourth-order valence-corrected chi connectivity index (χ4v) is 3.06. The Morgan fingerprint density at radius 3 is 2.76 bits per heavy atom. The van der Waals surface area contributed by atoms with Crippen molar-refractivity contribution in [2.45, 2.75) is 18.9 Å². The normalized spacial score (nSPS) is 17.9. The highest BCUT2D eigenvalue weighted by atomic mass is 16.5. The summed E-state index contributed by atoms with van der Waals surface area (Å²) in [6.45, 7) is 1.53. The Kier molecular flexibility index (Phi) is 5.50. The molecule has 2 atom stereocenters. The smallest absolute Gasteiger partial charge is 0.319 e. The topological polar surface area (TPSA) is 72.4 Å². The largest absolute Gasteiger partial charge is 0.381 e. The highest BCUT2D eigenvalue weighted by Gasteiger charge is 2.23. The minimum Gasteiger partial charge on any atom is -0.381 e. The van der Waals surface area contributed by atoms with Gasteiger partial charge in [0.2, 0.25) is 5.56 Å². The molecule has 1 aromatic carbocycles. The Hall–Kier alpha value is -2.60. The molecule has 0 unspecified atom stereocenters. The second-order valence-electron chi connectivity index (χ2n) is 6.39. The summed E-state index contributed by atoms with van der Waals surface area (Å²) in [4.78, 5) is 23.9. The van der Waals surface area contributed by atoms with Crippen molar-refractivity contribution in [3.05, 3.63) is 64.6 Å². The van der Waals surface area contributed by atoms with Gasteiger partial charge in [0.1, 0.15) is 0 Å². The van der Waals surface area contributed by atoms with Crippen molar-refractivity contribution < 1.29 is 9.53 Å². The number of aromatic nitrogens is 1. The van der Waals surface area contributed by atoms with E-state index in [4.69, 9.17) is 4.74 Å². The first-order valence-corrected chi connectivity index (χ1v) is 8.49. The van der Waals surface area contributed by atoms with Crippen molar-refractivity contribution in [1.82, 2.24) is 9.88 Å². The van der Waals surface area contributed by atoms with Crippen LogP contribution >= 0.6 is 0 Å². The van der Waals surface area contributed by atoms with Gasteiger partial charge >= 0.3 is 6.03 Å². The minimum atomic E-state index is -0.286. The maximum atomic E-state index is 12.4. The number of nitrogens with zero attached hydrogens (tertiary/aromatic N) is 1. The fourth-order valence-electron chi connectivity index (χ4n) is 3.06. The molecule has 25 heavy (non-hydrogen) atoms. The van der Waals surface area contributed by atoms with E-state index in [9.17, 15) is 9.59 Å². The Labute approximate surface area is 146 Å². The van der Waals surface area contributed by atoms with Gasteiger partial charge in [-0.1, -0.05) is 30.3 Å². The van der Waals surface area contributed by atoms with Crippen LogP contribution in [-0.2, 0) is 11.8 Å². The van der Waals surface area contributed by atoms with Crippen molar-refractivity contribution in [3.8, 4) is 0 Å². The van der Waals surface area contributed by atoms with Gasteiger partial charge in [0.15, 0.2) is 0 Å². The minimum absolute atomic E-state index is 0.0829. The van der Waals surface area contributed by atoms with Crippen LogP contribution in [0.2, 0.25) is 0 Å². The molecule has 3 rings (SSSR count). The lowest BCUT2D eigenvalue weighted by molar-refractivity contribution is 0.181. The molecule has 0 aliphatic carbocycles. The van der Waals surface area contributed by atoms with Crippen LogP contribution in [0.25, 0.3) is 0 Å². The molecule has 1 saturated heterocycles. The van der Waals surface area contributed by atoms with E-state index in [0.717, 1.165) is 31.6 Å². The number of pyridine rings is 1. The van der Waals surface area contributed by atoms with Gasteiger partial charge in [-0.25, -0.2) is 4.79 Å². The predicted molar refractivity (Wildman–Crippen MR) is 96.6 cm³/mol. The van der Waals surface area contributed by atoms with Crippen molar-refractivity contribution in [2.24, 2.45) is 13.0 Å². The van der Waals surface area contributed by atoms with E-state index >= 15 is 0 Å². The number of carbonyl (C=O) groups is 1. The molecule has 0 bridgehead atoms. The van der Waals surface area contributed by atoms with Crippen LogP contribution in [0.5, 0.6) is 0 Å². The van der Waals surface area contributed by atoms with Crippen molar-refractivity contribution in [2.75, 3.05) is 18.5 Å². The number of rotatable bonds is 5. The van der Waals surface area contributed by atoms with E-state index in [1.165, 1.54) is 10.6 Å². The molecule has 0 radical (unpaired) electrons. The summed E-state index contributed by atoms with van der Waals surface area (Å²) in [6.07, 6.45) is 3.46. The number of benzene rings is 1. The number of carbonyl (C=O) groups excluding carboxylic acids is 1. The van der Waals surface area contributed by atoms with Crippen molar-refractivity contribution in [3.63, 3.8) is 0 Å². The maximum absolute atomic E-state index is 12.4. The lowest BCUT2D eigenvalue weighted by atomic mass is 9.94. The Morgan fingerprint density at radius 1 is 1.28 bits per heavy atom. The third-order valence-electron chi connectivity index (χ3n) is 4.44. The molecule has 0 spiro atoms. The monoisotopic (exact) mass is 341 g/mol. The van der Waals surface area contributed by atoms with Gasteiger partial charge in [-0.2, -0.15) is 0 Å². The molecular weight excluding hydrogens is 318 g/mol. The average molecular weight is 341 g/mol. The number of urea groups is 1. The molecule has 2 heterocycles. The first kappa shape index (κ1) is 17.2. The number of aryl methyl sites for hydroxylation is 1. The third-order valence-corrected chi connectivity index (χ3v) is 4.44. The quantitative estimate of drug-likeness (QED) is 0.878. The Balaban J connectivity index is 1.68. The van der Waals surface area contributed by atoms with Gasteiger partial charge in [-0.15, -0.1) is 0 Å². The number of ether oxygens (including phenoxy) is 1. The fraction of sp³-hybridized carbons (Fsp3) is 0.368. The SMILES string of the molecule is Cn1cc(NC(=O)N[C@H](C[C@@H]2CCOC2)c2ccccc2)ccc1=O. The van der Waals surface area contributed by atoms with Gasteiger partial charge in [-0.05, 0) is 30.4 Å². The third kappa shape index (κ3) is 4.70. The first-order valence-electron chi connectivity index (χ1n) is 8.49. The second kappa shape index (κ2) is 7.98. The van der Waals surface area contributed by atoms with E-state index in [1.54, 1.807) is 19.3 Å². The lowest BCUT2D eigenvalue weighted by Crippen LogP contribution is -2.34. The summed E-state index contributed by atoms with van der Waals surface area (Å²) < 4.78 is 6.89. The Morgan fingerprint density at radius 2 is 2.08 bits per heavy atom. The highest BCUT2D eigenvalue weighted by molar-refractivity contribution is 5.89. The van der Waals surface area contributed by atoms with Crippen LogP contribution < -0.4 is 16.2 Å². The molecular formula is C19H23N3O3. The molecule has 1 aliphatic heterocycles. The van der Waals surface area contributed by atoms with E-state index in [-0.39, 0.29) is 17.6 Å². The molecule has 6 heteroatoms. The summed E-state index contributed by atoms with van der Waals surface area (Å²) in [5.41, 5.74) is 1.54. The molecule has 6 nitrogen and oxygen atoms in total. The number of anilines is 1. The summed E-state index contributed by atoms with van der Waals surface area (Å²) in [7, 11) is 1.65. The molecule has 0 saturated carbocycles. The van der Waals surface area contributed by atoms with Crippen LogP contribution in [0.3, 0.4) is 0 Å². The first-order chi connectivity index (χ1) is 12.1. The molecule has 1 aromatic heterocycles. The van der Waals surface area contributed by atoms with E-state index in [0.29, 0.717) is 11.6 Å². The summed E-state index contributed by atoms with van der Waals surface area (Å²) in [6, 6.07) is 12.6. The van der Waals surface area contributed by atoms with Crippen molar-refractivity contribution >= 4 is 11.7 Å². The zero-order chi connectivity index (χ0) is 17.6. The molecule has 132 valence electrons. The summed E-state index contributed by atoms with van der Waals surface area (Å²) in [5.74, 6) is 0.447. The molecule has 1 fully saturated rings. The van der Waals surface area contributed by atoms with Crippen LogP contribution in [0.4, 0.5) is 10.5 Å². The highest BCUT2D eigenvalue weighted by Crippen LogP contribution is 2.26. The van der Waals surface area contributed by atoms with E-state index in [1.807, 2.05) is 30.3 Å². The maximum Gasteiger partial charge on any atom is 0.319 e. The number of nitrogens with one attached hydrogen (secondary N) is 2. The van der Waals surface area contributed by atoms with Gasteiger partial charge in [0.25, 0.3) is 0 Å². The van der Waals surface area contributed by atoms with Gasteiger partial charge < -0.3 is 19.9 Å². The second-order valence-corrected chi connectivity index (χ2v) is 6.39. The summed E-state index contributed by atoms with van der Waals surface area (Å²) in [5, 5.41) is 5.84. The standard InChI is InChI=1S/C19H23N3O3/c1-22-12-16(7-8-18(22)23)20-19(24)21-17(11-14-9-10-25-13-14)15-5-3-2-4-6-15/h2-8,12,14,17H,9-11,13H2,1H3,(H2,20,21,24)/t14-,17+/m0/s1. The predicted octanol–water partition coefficient (Wildman–Crippen LogP) is 2.67. The molecule has 1 aliphatic rings. The zero-order valence-corrected chi connectivity index (χ0v) is 14.3. The lowest BCUT2D eigenvalue weighted by Gasteiger charge is -2.22. The van der Waals surface area contributed by atoms with E-state index in [2.05, 4.69) is 10.6 Å². The molecule has 2 N–H and O–H groups in total. The zero-order valence-electron chi connectivity index (χ0n) is 14.3. The van der Waals surface area contributed by atoms with E-state index < -0.39 is 0 Å². The van der Waals surface area contributed by atoms with Gasteiger partial charge in [0, 0.05) is 32.5 Å². The van der Waals surface area contributed by atoms with Crippen LogP contribution in [0, 0.1) is 5.92 Å². The number of hydrogen-bond acceptors (Lipinski definition) is 3. The van der Waals surface area contributed by atoms with Crippen LogP contribution in [0.15, 0.2) is 53.5 Å². The molecule has 2 amide bonds. The van der Waals surface area contributed by atoms with Crippen LogP contribution in [0.1, 0.15) is 24.4 Å². The number of hydrogen-bond donors (Lipinski definition) is 2. The van der Waals surface area contributed by atoms with Gasteiger partial charge in [0.05, 0.1) is 11.7 Å². The number of amides is 2. The Bertz CT molecular complexity index is 767. The van der Waals surface area contributed by atoms with Gasteiger partial charge in [-0.3, -0.25) is 4.79 Å².